The van der Waals surface area contributed by atoms with E-state index < -0.39 is 0 Å². The van der Waals surface area contributed by atoms with Crippen LogP contribution in [0, 0.1) is 0 Å². The van der Waals surface area contributed by atoms with Crippen molar-refractivity contribution >= 4 is 5.78 Å². The van der Waals surface area contributed by atoms with E-state index in [-0.39, 0.29) is 5.78 Å². The molecular formula is C17H20N2O. The zero-order valence-electron chi connectivity index (χ0n) is 11.7. The maximum Gasteiger partial charge on any atom is 0.183 e. The number of Topliss-reactive ketones (excluding diaryl/α,β-unsaturated/α-hetero) is 1. The molecule has 0 aliphatic carbocycles. The van der Waals surface area contributed by atoms with Crippen LogP contribution in [0.2, 0.25) is 0 Å². The molecule has 0 radical (unpaired) electrons. The molecule has 0 saturated carbocycles. The first-order valence-corrected chi connectivity index (χ1v) is 7.06. The third kappa shape index (κ3) is 3.92. The number of nitrogens with zero attached hydrogens (tertiary/aromatic N) is 2. The number of unbranched alkanes of at least 4 members (excludes halogenated alkanes) is 3. The van der Waals surface area contributed by atoms with E-state index in [0.29, 0.717) is 12.1 Å². The minimum Gasteiger partial charge on any atom is -0.292 e. The molecule has 0 unspecified atom stereocenters. The van der Waals surface area contributed by atoms with Crippen LogP contribution >= 0.6 is 0 Å². The van der Waals surface area contributed by atoms with Crippen LogP contribution in [0.5, 0.6) is 0 Å². The van der Waals surface area contributed by atoms with Crippen LogP contribution in [0.1, 0.15) is 42.6 Å². The molecule has 20 heavy (non-hydrogen) atoms. The number of benzene rings is 1. The molecule has 2 rings (SSSR count). The second kappa shape index (κ2) is 7.43. The lowest BCUT2D eigenvalue weighted by molar-refractivity contribution is 0.0974. The van der Waals surface area contributed by atoms with Crippen molar-refractivity contribution in [3.63, 3.8) is 0 Å². The third-order valence-electron chi connectivity index (χ3n) is 3.21. The third-order valence-corrected chi connectivity index (χ3v) is 3.21. The Morgan fingerprint density at radius 1 is 1.15 bits per heavy atom. The summed E-state index contributed by atoms with van der Waals surface area (Å²) in [5, 5.41) is 4.35. The number of aromatic nitrogens is 2. The van der Waals surface area contributed by atoms with Gasteiger partial charge in [0.2, 0.25) is 0 Å². The van der Waals surface area contributed by atoms with Gasteiger partial charge in [-0.1, -0.05) is 30.7 Å². The van der Waals surface area contributed by atoms with Crippen molar-refractivity contribution in [3.8, 4) is 5.69 Å². The zero-order valence-corrected chi connectivity index (χ0v) is 11.7. The molecule has 1 aromatic carbocycles. The molecule has 0 atom stereocenters. The topological polar surface area (TPSA) is 34.9 Å². The van der Waals surface area contributed by atoms with Crippen molar-refractivity contribution < 1.29 is 4.79 Å². The lowest BCUT2D eigenvalue weighted by Crippen LogP contribution is -2.02. The molecule has 0 saturated heterocycles. The number of carbonyl (C=O) groups excluding carboxylic acids is 1. The largest absolute Gasteiger partial charge is 0.292 e. The monoisotopic (exact) mass is 268 g/mol. The average Bonchev–Trinajstić information content (AvgIpc) is 2.98. The van der Waals surface area contributed by atoms with Crippen LogP contribution in [-0.2, 0) is 0 Å². The lowest BCUT2D eigenvalue weighted by Gasteiger charge is -2.00. The van der Waals surface area contributed by atoms with Gasteiger partial charge in [-0.3, -0.25) is 4.79 Å². The fourth-order valence-electron chi connectivity index (χ4n) is 2.08. The van der Waals surface area contributed by atoms with E-state index in [2.05, 4.69) is 11.7 Å². The fraction of sp³-hybridized carbons (Fsp3) is 0.294. The molecule has 3 nitrogen and oxygen atoms in total. The van der Waals surface area contributed by atoms with Crippen molar-refractivity contribution in [2.75, 3.05) is 0 Å². The van der Waals surface area contributed by atoms with Crippen molar-refractivity contribution in [1.29, 1.82) is 0 Å². The fourth-order valence-corrected chi connectivity index (χ4v) is 2.08. The van der Waals surface area contributed by atoms with Crippen molar-refractivity contribution in [1.82, 2.24) is 9.78 Å². The summed E-state index contributed by atoms with van der Waals surface area (Å²) in [6, 6.07) is 11.6. The number of para-hydroxylation sites is 1. The molecule has 3 heteroatoms. The Bertz CT molecular complexity index is 557. The number of ketones is 1. The normalized spacial score (nSPS) is 10.4. The van der Waals surface area contributed by atoms with Crippen molar-refractivity contribution in [2.24, 2.45) is 0 Å². The first kappa shape index (κ1) is 14.3. The minimum atomic E-state index is 0.123. The Labute approximate surface area is 119 Å². The molecule has 0 fully saturated rings. The van der Waals surface area contributed by atoms with Crippen LogP contribution in [0.3, 0.4) is 0 Å². The van der Waals surface area contributed by atoms with E-state index >= 15 is 0 Å². The first-order chi connectivity index (χ1) is 9.81. The summed E-state index contributed by atoms with van der Waals surface area (Å²) in [5.74, 6) is 0.123. The Hall–Kier alpha value is -2.16. The number of allylic oxidation sites excluding steroid dienone is 1. The molecule has 0 spiro atoms. The van der Waals surface area contributed by atoms with E-state index in [1.807, 2.05) is 42.6 Å². The van der Waals surface area contributed by atoms with Gasteiger partial charge in [0.25, 0.3) is 0 Å². The van der Waals surface area contributed by atoms with Crippen molar-refractivity contribution in [2.45, 2.75) is 32.1 Å². The summed E-state index contributed by atoms with van der Waals surface area (Å²) in [7, 11) is 0. The predicted molar refractivity (Wildman–Crippen MR) is 81.2 cm³/mol. The molecule has 0 aliphatic heterocycles. The van der Waals surface area contributed by atoms with E-state index in [1.165, 1.54) is 0 Å². The van der Waals surface area contributed by atoms with Gasteiger partial charge in [0.05, 0.1) is 5.69 Å². The number of hydrogen-bond donors (Lipinski definition) is 0. The summed E-state index contributed by atoms with van der Waals surface area (Å²) < 4.78 is 1.74. The molecule has 0 amide bonds. The van der Waals surface area contributed by atoms with E-state index in [0.717, 1.165) is 31.4 Å². The first-order valence-electron chi connectivity index (χ1n) is 7.06. The summed E-state index contributed by atoms with van der Waals surface area (Å²) >= 11 is 0. The standard InChI is InChI=1S/C17H20N2O/c1-2-3-4-5-9-12-17(20)16-13-14-19(18-16)15-10-7-6-8-11-15/h2,6-8,10-11,13-14H,1,3-5,9,12H2. The van der Waals surface area contributed by atoms with Gasteiger partial charge in [0.15, 0.2) is 5.78 Å². The number of carbonyl (C=O) groups is 1. The molecule has 0 N–H and O–H groups in total. The van der Waals surface area contributed by atoms with Crippen LogP contribution in [0.4, 0.5) is 0 Å². The van der Waals surface area contributed by atoms with Gasteiger partial charge >= 0.3 is 0 Å². The SMILES string of the molecule is C=CCCCCCC(=O)c1ccn(-c2ccccc2)n1. The van der Waals surface area contributed by atoms with Crippen LogP contribution < -0.4 is 0 Å². The highest BCUT2D eigenvalue weighted by Gasteiger charge is 2.09. The Morgan fingerprint density at radius 3 is 2.70 bits per heavy atom. The van der Waals surface area contributed by atoms with Gasteiger partial charge in [-0.05, 0) is 37.5 Å². The van der Waals surface area contributed by atoms with Crippen LogP contribution in [0.25, 0.3) is 5.69 Å². The minimum absolute atomic E-state index is 0.123. The van der Waals surface area contributed by atoms with Gasteiger partial charge in [-0.2, -0.15) is 5.10 Å². The highest BCUT2D eigenvalue weighted by molar-refractivity contribution is 5.94. The molecule has 104 valence electrons. The van der Waals surface area contributed by atoms with Gasteiger partial charge in [-0.25, -0.2) is 4.68 Å². The second-order valence-corrected chi connectivity index (χ2v) is 4.79. The highest BCUT2D eigenvalue weighted by atomic mass is 16.1. The second-order valence-electron chi connectivity index (χ2n) is 4.79. The average molecular weight is 268 g/mol. The number of rotatable bonds is 8. The predicted octanol–water partition coefficient (Wildman–Crippen LogP) is 4.19. The molecular weight excluding hydrogens is 248 g/mol. The van der Waals surface area contributed by atoms with Crippen molar-refractivity contribution in [3.05, 3.63) is 60.9 Å². The smallest absolute Gasteiger partial charge is 0.183 e. The quantitative estimate of drug-likeness (QED) is 0.409. The van der Waals surface area contributed by atoms with E-state index in [1.54, 1.807) is 10.7 Å². The molecule has 0 aliphatic rings. The summed E-state index contributed by atoms with van der Waals surface area (Å²) in [6.07, 6.45) is 8.45. The van der Waals surface area contributed by atoms with Gasteiger partial charge in [-0.15, -0.1) is 6.58 Å². The van der Waals surface area contributed by atoms with Crippen LogP contribution in [-0.4, -0.2) is 15.6 Å². The van der Waals surface area contributed by atoms with Gasteiger partial charge in [0, 0.05) is 12.6 Å². The molecule has 1 aromatic heterocycles. The zero-order chi connectivity index (χ0) is 14.2. The summed E-state index contributed by atoms with van der Waals surface area (Å²) in [4.78, 5) is 12.0. The molecule has 2 aromatic rings. The van der Waals surface area contributed by atoms with Crippen LogP contribution in [0.15, 0.2) is 55.3 Å². The molecule has 1 heterocycles. The van der Waals surface area contributed by atoms with Gasteiger partial charge < -0.3 is 0 Å². The Kier molecular flexibility index (Phi) is 5.30. The summed E-state index contributed by atoms with van der Waals surface area (Å²) in [6.45, 7) is 3.69. The lowest BCUT2D eigenvalue weighted by atomic mass is 10.1. The van der Waals surface area contributed by atoms with Gasteiger partial charge in [0.1, 0.15) is 5.69 Å². The Morgan fingerprint density at radius 2 is 1.95 bits per heavy atom. The maximum absolute atomic E-state index is 12.0. The van der Waals surface area contributed by atoms with E-state index in [9.17, 15) is 4.79 Å². The highest BCUT2D eigenvalue weighted by Crippen LogP contribution is 2.11. The maximum atomic E-state index is 12.0. The summed E-state index contributed by atoms with van der Waals surface area (Å²) in [5.41, 5.74) is 1.52. The number of hydrogen-bond acceptors (Lipinski definition) is 2. The Balaban J connectivity index is 1.88. The molecule has 0 bridgehead atoms. The van der Waals surface area contributed by atoms with E-state index in [4.69, 9.17) is 0 Å².